The molecule has 18 heavy (non-hydrogen) atoms. The summed E-state index contributed by atoms with van der Waals surface area (Å²) in [5, 5.41) is 0. The third-order valence-corrected chi connectivity index (χ3v) is 3.32. The van der Waals surface area contributed by atoms with E-state index >= 15 is 0 Å². The molecule has 1 aliphatic heterocycles. The van der Waals surface area contributed by atoms with E-state index in [1.54, 1.807) is 0 Å². The molecule has 1 aliphatic rings. The Kier molecular flexibility index (Phi) is 4.62. The molecule has 0 saturated carbocycles. The molecule has 3 heteroatoms. The van der Waals surface area contributed by atoms with Crippen LogP contribution in [0.2, 0.25) is 0 Å². The molecule has 98 valence electrons. The van der Waals surface area contributed by atoms with Gasteiger partial charge in [0.15, 0.2) is 0 Å². The summed E-state index contributed by atoms with van der Waals surface area (Å²) in [6, 6.07) is 8.58. The summed E-state index contributed by atoms with van der Waals surface area (Å²) in [4.78, 5) is 10.8. The van der Waals surface area contributed by atoms with Crippen LogP contribution in [-0.4, -0.2) is 19.4 Å². The van der Waals surface area contributed by atoms with Crippen LogP contribution in [0.3, 0.4) is 0 Å². The number of cyclic esters (lactones) is 2. The average Bonchev–Trinajstić information content (AvgIpc) is 2.41. The number of aryl methyl sites for hydroxylation is 1. The third kappa shape index (κ3) is 3.49. The summed E-state index contributed by atoms with van der Waals surface area (Å²) >= 11 is 0. The topological polar surface area (TPSA) is 35.5 Å². The lowest BCUT2D eigenvalue weighted by molar-refractivity contribution is 0.00722. The predicted octanol–water partition coefficient (Wildman–Crippen LogP) is 3.67. The van der Waals surface area contributed by atoms with E-state index in [1.807, 2.05) is 0 Å². The third-order valence-electron chi connectivity index (χ3n) is 3.32. The zero-order chi connectivity index (χ0) is 12.8. The lowest BCUT2D eigenvalue weighted by Gasteiger charge is -2.22. The minimum absolute atomic E-state index is 0.174. The van der Waals surface area contributed by atoms with Gasteiger partial charge in [-0.2, -0.15) is 0 Å². The highest BCUT2D eigenvalue weighted by molar-refractivity contribution is 5.60. The van der Waals surface area contributed by atoms with Crippen molar-refractivity contribution in [2.45, 2.75) is 38.5 Å². The van der Waals surface area contributed by atoms with Crippen molar-refractivity contribution in [1.29, 1.82) is 0 Å². The lowest BCUT2D eigenvalue weighted by Crippen LogP contribution is -2.25. The number of carbonyl (C=O) groups excluding carboxylic acids is 1. The van der Waals surface area contributed by atoms with Gasteiger partial charge in [0.05, 0.1) is 5.92 Å². The maximum Gasteiger partial charge on any atom is 0.508 e. The SMILES string of the molecule is CCCCCc1ccc(C2COC(=O)OC2)cc1. The number of hydrogen-bond donors (Lipinski definition) is 0. The fraction of sp³-hybridized carbons (Fsp3) is 0.533. The van der Waals surface area contributed by atoms with Crippen LogP contribution < -0.4 is 0 Å². The van der Waals surface area contributed by atoms with Crippen molar-refractivity contribution in [2.75, 3.05) is 13.2 Å². The summed E-state index contributed by atoms with van der Waals surface area (Å²) in [5.41, 5.74) is 2.56. The summed E-state index contributed by atoms with van der Waals surface area (Å²) in [5.74, 6) is 0.174. The van der Waals surface area contributed by atoms with Crippen molar-refractivity contribution in [3.63, 3.8) is 0 Å². The van der Waals surface area contributed by atoms with Crippen LogP contribution >= 0.6 is 0 Å². The Labute approximate surface area is 108 Å². The first kappa shape index (κ1) is 12.9. The van der Waals surface area contributed by atoms with Gasteiger partial charge in [0.25, 0.3) is 0 Å². The van der Waals surface area contributed by atoms with Crippen LogP contribution in [0, 0.1) is 0 Å². The summed E-state index contributed by atoms with van der Waals surface area (Å²) < 4.78 is 9.79. The number of carbonyl (C=O) groups is 1. The van der Waals surface area contributed by atoms with Gasteiger partial charge in [-0.3, -0.25) is 0 Å². The average molecular weight is 248 g/mol. The van der Waals surface area contributed by atoms with Gasteiger partial charge >= 0.3 is 6.16 Å². The fourth-order valence-electron chi connectivity index (χ4n) is 2.16. The van der Waals surface area contributed by atoms with Gasteiger partial charge in [0.2, 0.25) is 0 Å². The monoisotopic (exact) mass is 248 g/mol. The first-order chi connectivity index (χ1) is 8.79. The zero-order valence-electron chi connectivity index (χ0n) is 10.9. The van der Waals surface area contributed by atoms with E-state index < -0.39 is 6.16 Å². The van der Waals surface area contributed by atoms with Crippen LogP contribution in [0.25, 0.3) is 0 Å². The summed E-state index contributed by atoms with van der Waals surface area (Å²) in [6.07, 6.45) is 4.38. The Morgan fingerprint density at radius 1 is 1.11 bits per heavy atom. The van der Waals surface area contributed by atoms with Gasteiger partial charge in [-0.05, 0) is 24.0 Å². The molecule has 1 heterocycles. The fourth-order valence-corrected chi connectivity index (χ4v) is 2.16. The molecule has 0 aliphatic carbocycles. The van der Waals surface area contributed by atoms with Crippen LogP contribution in [-0.2, 0) is 15.9 Å². The quantitative estimate of drug-likeness (QED) is 0.589. The predicted molar refractivity (Wildman–Crippen MR) is 69.7 cm³/mol. The Bertz CT molecular complexity index is 373. The molecule has 2 rings (SSSR count). The van der Waals surface area contributed by atoms with Crippen molar-refractivity contribution < 1.29 is 14.3 Å². The van der Waals surface area contributed by atoms with Crippen molar-refractivity contribution in [3.8, 4) is 0 Å². The van der Waals surface area contributed by atoms with Crippen LogP contribution in [0.1, 0.15) is 43.2 Å². The lowest BCUT2D eigenvalue weighted by atomic mass is 9.97. The molecule has 0 atom stereocenters. The second-order valence-corrected chi connectivity index (χ2v) is 4.77. The van der Waals surface area contributed by atoms with E-state index in [0.29, 0.717) is 13.2 Å². The first-order valence-electron chi connectivity index (χ1n) is 6.68. The van der Waals surface area contributed by atoms with Gasteiger partial charge in [0, 0.05) is 0 Å². The number of unbranched alkanes of at least 4 members (excludes halogenated alkanes) is 2. The number of rotatable bonds is 5. The summed E-state index contributed by atoms with van der Waals surface area (Å²) in [6.45, 7) is 3.06. The van der Waals surface area contributed by atoms with Crippen molar-refractivity contribution in [1.82, 2.24) is 0 Å². The van der Waals surface area contributed by atoms with E-state index in [-0.39, 0.29) is 5.92 Å². The Morgan fingerprint density at radius 3 is 2.39 bits per heavy atom. The van der Waals surface area contributed by atoms with E-state index in [4.69, 9.17) is 9.47 Å². The Balaban J connectivity index is 1.89. The van der Waals surface area contributed by atoms with E-state index in [1.165, 1.54) is 30.4 Å². The molecule has 1 fully saturated rings. The molecule has 1 aromatic carbocycles. The number of ether oxygens (including phenoxy) is 2. The molecule has 3 nitrogen and oxygen atoms in total. The van der Waals surface area contributed by atoms with Crippen LogP contribution in [0.5, 0.6) is 0 Å². The van der Waals surface area contributed by atoms with Gasteiger partial charge in [-0.15, -0.1) is 0 Å². The van der Waals surface area contributed by atoms with Crippen molar-refractivity contribution in [3.05, 3.63) is 35.4 Å². The number of hydrogen-bond acceptors (Lipinski definition) is 3. The van der Waals surface area contributed by atoms with Crippen molar-refractivity contribution in [2.24, 2.45) is 0 Å². The van der Waals surface area contributed by atoms with E-state index in [2.05, 4.69) is 31.2 Å². The molecule has 0 spiro atoms. The maximum atomic E-state index is 10.8. The standard InChI is InChI=1S/C15H20O3/c1-2-3-4-5-12-6-8-13(9-7-12)14-10-17-15(16)18-11-14/h6-9,14H,2-5,10-11H2,1H3. The molecule has 0 N–H and O–H groups in total. The largest absolute Gasteiger partial charge is 0.508 e. The highest BCUT2D eigenvalue weighted by Crippen LogP contribution is 2.21. The van der Waals surface area contributed by atoms with Crippen LogP contribution in [0.4, 0.5) is 4.79 Å². The number of benzene rings is 1. The molecule has 0 radical (unpaired) electrons. The minimum Gasteiger partial charge on any atom is -0.434 e. The van der Waals surface area contributed by atoms with Crippen LogP contribution in [0.15, 0.2) is 24.3 Å². The van der Waals surface area contributed by atoms with Gasteiger partial charge in [0.1, 0.15) is 13.2 Å². The van der Waals surface area contributed by atoms with Gasteiger partial charge in [-0.25, -0.2) is 4.79 Å². The molecule has 0 aromatic heterocycles. The molecular formula is C15H20O3. The van der Waals surface area contributed by atoms with Crippen molar-refractivity contribution >= 4 is 6.16 Å². The smallest absolute Gasteiger partial charge is 0.434 e. The first-order valence-corrected chi connectivity index (χ1v) is 6.68. The highest BCUT2D eigenvalue weighted by Gasteiger charge is 2.22. The maximum absolute atomic E-state index is 10.8. The molecule has 0 amide bonds. The second-order valence-electron chi connectivity index (χ2n) is 4.77. The Morgan fingerprint density at radius 2 is 1.78 bits per heavy atom. The molecule has 0 unspecified atom stereocenters. The van der Waals surface area contributed by atoms with E-state index in [0.717, 1.165) is 6.42 Å². The highest BCUT2D eigenvalue weighted by atomic mass is 16.7. The second kappa shape index (κ2) is 6.43. The molecule has 1 aromatic rings. The normalized spacial score (nSPS) is 16.2. The molecule has 1 saturated heterocycles. The van der Waals surface area contributed by atoms with E-state index in [9.17, 15) is 4.79 Å². The zero-order valence-corrected chi connectivity index (χ0v) is 10.9. The molecular weight excluding hydrogens is 228 g/mol. The van der Waals surface area contributed by atoms with Gasteiger partial charge in [-0.1, -0.05) is 44.0 Å². The minimum atomic E-state index is -0.553. The Hall–Kier alpha value is -1.51. The summed E-state index contributed by atoms with van der Waals surface area (Å²) in [7, 11) is 0. The van der Waals surface area contributed by atoms with Gasteiger partial charge < -0.3 is 9.47 Å². The molecule has 0 bridgehead atoms.